The number of aromatic amines is 1. The average Bonchev–Trinajstić information content (AvgIpc) is 3.15. The van der Waals surface area contributed by atoms with E-state index in [2.05, 4.69) is 55.6 Å². The first kappa shape index (κ1) is 17.7. The number of H-pyrrole nitrogens is 1. The van der Waals surface area contributed by atoms with Gasteiger partial charge in [0, 0.05) is 42.6 Å². The molecular formula is C21H25N5O. The van der Waals surface area contributed by atoms with Crippen LogP contribution < -0.4 is 10.2 Å². The molecule has 140 valence electrons. The maximum atomic E-state index is 10.7. The number of aromatic nitrogens is 3. The van der Waals surface area contributed by atoms with Gasteiger partial charge in [-0.05, 0) is 49.9 Å². The summed E-state index contributed by atoms with van der Waals surface area (Å²) >= 11 is 0. The predicted octanol–water partition coefficient (Wildman–Crippen LogP) is 2.82. The van der Waals surface area contributed by atoms with Crippen LogP contribution in [0, 0.1) is 5.92 Å². The summed E-state index contributed by atoms with van der Waals surface area (Å²) in [5.41, 5.74) is 3.11. The number of hydrogen-bond donors (Lipinski definition) is 2. The van der Waals surface area contributed by atoms with Gasteiger partial charge in [0.15, 0.2) is 6.29 Å². The molecule has 0 unspecified atom stereocenters. The molecule has 1 saturated heterocycles. The molecule has 1 fully saturated rings. The third-order valence-corrected chi connectivity index (χ3v) is 5.37. The van der Waals surface area contributed by atoms with Crippen molar-refractivity contribution in [2.24, 2.45) is 5.92 Å². The lowest BCUT2D eigenvalue weighted by molar-refractivity contribution is 0.112. The summed E-state index contributed by atoms with van der Waals surface area (Å²) in [7, 11) is 0. The maximum absolute atomic E-state index is 10.7. The van der Waals surface area contributed by atoms with E-state index in [1.54, 1.807) is 12.4 Å². The molecule has 0 bridgehead atoms. The van der Waals surface area contributed by atoms with E-state index in [9.17, 15) is 4.79 Å². The van der Waals surface area contributed by atoms with Gasteiger partial charge in [-0.1, -0.05) is 18.2 Å². The van der Waals surface area contributed by atoms with Crippen LogP contribution in [0.2, 0.25) is 0 Å². The molecule has 0 amide bonds. The Kier molecular flexibility index (Phi) is 5.44. The number of hydrogen-bond acceptors (Lipinski definition) is 5. The minimum atomic E-state index is 0.521. The van der Waals surface area contributed by atoms with Crippen LogP contribution in [0.4, 0.5) is 5.95 Å². The Morgan fingerprint density at radius 2 is 1.96 bits per heavy atom. The van der Waals surface area contributed by atoms with Crippen LogP contribution in [-0.4, -0.2) is 47.4 Å². The fraction of sp³-hybridized carbons (Fsp3) is 0.381. The van der Waals surface area contributed by atoms with Crippen molar-refractivity contribution in [1.29, 1.82) is 0 Å². The molecule has 1 aliphatic heterocycles. The Morgan fingerprint density at radius 3 is 2.74 bits per heavy atom. The van der Waals surface area contributed by atoms with Gasteiger partial charge in [0.2, 0.25) is 5.95 Å². The number of aldehydes is 1. The van der Waals surface area contributed by atoms with E-state index >= 15 is 0 Å². The normalized spacial score (nSPS) is 15.3. The number of nitrogens with zero attached hydrogens (tertiary/aromatic N) is 3. The van der Waals surface area contributed by atoms with Gasteiger partial charge in [-0.3, -0.25) is 4.79 Å². The monoisotopic (exact) mass is 363 g/mol. The minimum Gasteiger partial charge on any atom is -0.361 e. The largest absolute Gasteiger partial charge is 0.361 e. The zero-order valence-corrected chi connectivity index (χ0v) is 15.4. The van der Waals surface area contributed by atoms with Crippen molar-refractivity contribution in [3.8, 4) is 0 Å². The van der Waals surface area contributed by atoms with E-state index in [1.807, 2.05) is 0 Å². The van der Waals surface area contributed by atoms with Crippen LogP contribution in [0.3, 0.4) is 0 Å². The van der Waals surface area contributed by atoms with Crippen LogP contribution in [-0.2, 0) is 6.42 Å². The number of rotatable bonds is 7. The second-order valence-corrected chi connectivity index (χ2v) is 7.18. The Labute approximate surface area is 159 Å². The number of para-hydroxylation sites is 1. The molecule has 1 aromatic carbocycles. The number of carbonyl (C=O) groups excluding carboxylic acids is 1. The molecule has 0 atom stereocenters. The summed E-state index contributed by atoms with van der Waals surface area (Å²) in [5, 5.41) is 4.95. The van der Waals surface area contributed by atoms with Crippen molar-refractivity contribution < 1.29 is 4.79 Å². The zero-order valence-electron chi connectivity index (χ0n) is 15.4. The first-order valence-corrected chi connectivity index (χ1v) is 9.61. The summed E-state index contributed by atoms with van der Waals surface area (Å²) in [6.07, 6.45) is 9.40. The topological polar surface area (TPSA) is 73.9 Å². The van der Waals surface area contributed by atoms with Gasteiger partial charge in [-0.25, -0.2) is 9.97 Å². The van der Waals surface area contributed by atoms with Crippen molar-refractivity contribution in [2.45, 2.75) is 19.3 Å². The Hall–Kier alpha value is -2.73. The Bertz CT molecular complexity index is 881. The highest BCUT2D eigenvalue weighted by molar-refractivity contribution is 5.83. The molecule has 2 N–H and O–H groups in total. The molecule has 0 saturated carbocycles. The smallest absolute Gasteiger partial charge is 0.225 e. The highest BCUT2D eigenvalue weighted by atomic mass is 16.1. The summed E-state index contributed by atoms with van der Waals surface area (Å²) in [5.74, 6) is 1.42. The first-order chi connectivity index (χ1) is 13.3. The van der Waals surface area contributed by atoms with Gasteiger partial charge in [0.25, 0.3) is 0 Å². The fourth-order valence-electron chi connectivity index (χ4n) is 3.76. The standard InChI is InChI=1S/C21H25N5O/c27-15-17-12-24-21(25-13-17)26-9-6-16(7-10-26)11-22-8-5-18-14-23-20-4-2-1-3-19(18)20/h1-4,12-16,22-23H,5-11H2. The summed E-state index contributed by atoms with van der Waals surface area (Å²) in [4.78, 5) is 24.8. The van der Waals surface area contributed by atoms with Gasteiger partial charge in [0.1, 0.15) is 0 Å². The number of carbonyl (C=O) groups is 1. The number of benzene rings is 1. The molecule has 6 heteroatoms. The maximum Gasteiger partial charge on any atom is 0.225 e. The molecule has 0 radical (unpaired) electrons. The number of nitrogens with one attached hydrogen (secondary N) is 2. The van der Waals surface area contributed by atoms with Crippen LogP contribution in [0.15, 0.2) is 42.9 Å². The highest BCUT2D eigenvalue weighted by Gasteiger charge is 2.20. The van der Waals surface area contributed by atoms with Crippen molar-refractivity contribution in [2.75, 3.05) is 31.1 Å². The van der Waals surface area contributed by atoms with Gasteiger partial charge < -0.3 is 15.2 Å². The summed E-state index contributed by atoms with van der Waals surface area (Å²) in [6.45, 7) is 3.99. The highest BCUT2D eigenvalue weighted by Crippen LogP contribution is 2.20. The zero-order chi connectivity index (χ0) is 18.5. The lowest BCUT2D eigenvalue weighted by Crippen LogP contribution is -2.38. The van der Waals surface area contributed by atoms with Crippen molar-refractivity contribution in [3.63, 3.8) is 0 Å². The molecule has 6 nitrogen and oxygen atoms in total. The van der Waals surface area contributed by atoms with E-state index < -0.39 is 0 Å². The van der Waals surface area contributed by atoms with E-state index in [-0.39, 0.29) is 0 Å². The van der Waals surface area contributed by atoms with E-state index in [4.69, 9.17) is 0 Å². The van der Waals surface area contributed by atoms with Crippen molar-refractivity contribution in [1.82, 2.24) is 20.3 Å². The Balaban J connectivity index is 1.20. The average molecular weight is 363 g/mol. The third-order valence-electron chi connectivity index (χ3n) is 5.37. The number of fused-ring (bicyclic) bond motifs is 1. The second-order valence-electron chi connectivity index (χ2n) is 7.18. The van der Waals surface area contributed by atoms with Crippen molar-refractivity contribution >= 4 is 23.1 Å². The van der Waals surface area contributed by atoms with E-state index in [0.29, 0.717) is 11.5 Å². The summed E-state index contributed by atoms with van der Waals surface area (Å²) < 4.78 is 0. The SMILES string of the molecule is O=Cc1cnc(N2CCC(CNCCc3c[nH]c4ccccc34)CC2)nc1. The van der Waals surface area contributed by atoms with Gasteiger partial charge in [0.05, 0.1) is 5.56 Å². The molecule has 1 aliphatic rings. The fourth-order valence-corrected chi connectivity index (χ4v) is 3.76. The molecule has 2 aromatic heterocycles. The van der Waals surface area contributed by atoms with Gasteiger partial charge in [-0.15, -0.1) is 0 Å². The Morgan fingerprint density at radius 1 is 1.19 bits per heavy atom. The van der Waals surface area contributed by atoms with E-state index in [0.717, 1.165) is 57.7 Å². The number of anilines is 1. The molecule has 3 heterocycles. The third kappa shape index (κ3) is 4.17. The molecule has 3 aromatic rings. The van der Waals surface area contributed by atoms with Crippen molar-refractivity contribution in [3.05, 3.63) is 54.0 Å². The molecule has 0 spiro atoms. The molecule has 0 aliphatic carbocycles. The number of piperidine rings is 1. The van der Waals surface area contributed by atoms with Gasteiger partial charge >= 0.3 is 0 Å². The van der Waals surface area contributed by atoms with E-state index in [1.165, 1.54) is 16.5 Å². The van der Waals surface area contributed by atoms with Crippen LogP contribution in [0.25, 0.3) is 10.9 Å². The lowest BCUT2D eigenvalue weighted by atomic mass is 9.97. The summed E-state index contributed by atoms with van der Waals surface area (Å²) in [6, 6.07) is 8.46. The van der Waals surface area contributed by atoms with Crippen LogP contribution in [0.5, 0.6) is 0 Å². The van der Waals surface area contributed by atoms with Crippen LogP contribution in [0.1, 0.15) is 28.8 Å². The molecule has 4 rings (SSSR count). The second kappa shape index (κ2) is 8.31. The first-order valence-electron chi connectivity index (χ1n) is 9.61. The quantitative estimate of drug-likeness (QED) is 0.499. The van der Waals surface area contributed by atoms with Gasteiger partial charge in [-0.2, -0.15) is 0 Å². The molecular weight excluding hydrogens is 338 g/mol. The molecule has 27 heavy (non-hydrogen) atoms. The minimum absolute atomic E-state index is 0.521. The lowest BCUT2D eigenvalue weighted by Gasteiger charge is -2.32. The van der Waals surface area contributed by atoms with Crippen LogP contribution >= 0.6 is 0 Å². The predicted molar refractivity (Wildman–Crippen MR) is 107 cm³/mol.